The van der Waals surface area contributed by atoms with Crippen molar-refractivity contribution < 1.29 is 19.4 Å². The number of carboxylic acids is 1. The van der Waals surface area contributed by atoms with Gasteiger partial charge in [0.15, 0.2) is 12.4 Å². The highest BCUT2D eigenvalue weighted by Crippen LogP contribution is 2.36. The maximum absolute atomic E-state index is 11.8. The molecule has 2 unspecified atom stereocenters. The van der Waals surface area contributed by atoms with E-state index in [1.54, 1.807) is 0 Å². The van der Waals surface area contributed by atoms with E-state index in [4.69, 9.17) is 9.84 Å². The number of carboxylic acid groups (broad SMARTS) is 1. The van der Waals surface area contributed by atoms with Crippen LogP contribution in [0.15, 0.2) is 12.1 Å². The van der Waals surface area contributed by atoms with Gasteiger partial charge in [-0.1, -0.05) is 13.8 Å². The molecule has 0 heterocycles. The van der Waals surface area contributed by atoms with Crippen molar-refractivity contribution in [3.05, 3.63) is 28.8 Å². The molecule has 2 atom stereocenters. The molecule has 1 aliphatic rings. The van der Waals surface area contributed by atoms with Crippen LogP contribution in [0.3, 0.4) is 0 Å². The van der Waals surface area contributed by atoms with Crippen molar-refractivity contribution in [2.45, 2.75) is 46.0 Å². The SMILES string of the molecule is CC(=O)c1cc2c(cc1OCC(=O)O)CCC(C)CC2C. The lowest BCUT2D eigenvalue weighted by Crippen LogP contribution is -2.12. The predicted molar refractivity (Wildman–Crippen MR) is 80.1 cm³/mol. The van der Waals surface area contributed by atoms with Gasteiger partial charge in [0.05, 0.1) is 5.56 Å². The normalized spacial score (nSPS) is 21.3. The number of carbonyl (C=O) groups excluding carboxylic acids is 1. The van der Waals surface area contributed by atoms with Gasteiger partial charge in [-0.05, 0) is 61.3 Å². The number of benzene rings is 1. The summed E-state index contributed by atoms with van der Waals surface area (Å²) < 4.78 is 5.31. The van der Waals surface area contributed by atoms with Gasteiger partial charge in [-0.25, -0.2) is 4.79 Å². The molecule has 0 amide bonds. The Bertz CT molecular complexity index is 562. The Labute approximate surface area is 125 Å². The number of Topliss-reactive ketones (excluding diaryl/α,β-unsaturated/α-hetero) is 1. The lowest BCUT2D eigenvalue weighted by molar-refractivity contribution is -0.139. The minimum absolute atomic E-state index is 0.0947. The number of rotatable bonds is 4. The molecule has 21 heavy (non-hydrogen) atoms. The number of aryl methyl sites for hydroxylation is 1. The van der Waals surface area contributed by atoms with Crippen LogP contribution >= 0.6 is 0 Å². The first kappa shape index (κ1) is 15.5. The number of fused-ring (bicyclic) bond motifs is 1. The summed E-state index contributed by atoms with van der Waals surface area (Å²) in [5, 5.41) is 8.75. The van der Waals surface area contributed by atoms with Crippen molar-refractivity contribution in [1.29, 1.82) is 0 Å². The molecule has 0 fully saturated rings. The third kappa shape index (κ3) is 3.63. The first-order valence-electron chi connectivity index (χ1n) is 7.40. The Morgan fingerprint density at radius 1 is 1.33 bits per heavy atom. The quantitative estimate of drug-likeness (QED) is 0.681. The van der Waals surface area contributed by atoms with Crippen molar-refractivity contribution in [2.24, 2.45) is 5.92 Å². The molecule has 0 saturated heterocycles. The van der Waals surface area contributed by atoms with Crippen LogP contribution in [-0.4, -0.2) is 23.5 Å². The van der Waals surface area contributed by atoms with Crippen LogP contribution in [0.4, 0.5) is 0 Å². The first-order chi connectivity index (χ1) is 9.88. The average molecular weight is 290 g/mol. The molecule has 0 radical (unpaired) electrons. The summed E-state index contributed by atoms with van der Waals surface area (Å²) in [4.78, 5) is 22.5. The third-order valence-electron chi connectivity index (χ3n) is 4.17. The molecule has 0 bridgehead atoms. The number of ketones is 1. The summed E-state index contributed by atoms with van der Waals surface area (Å²) >= 11 is 0. The third-order valence-corrected chi connectivity index (χ3v) is 4.17. The number of hydrogen-bond donors (Lipinski definition) is 1. The molecular weight excluding hydrogens is 268 g/mol. The maximum Gasteiger partial charge on any atom is 0.341 e. The van der Waals surface area contributed by atoms with Crippen molar-refractivity contribution >= 4 is 11.8 Å². The summed E-state index contributed by atoms with van der Waals surface area (Å²) in [5.41, 5.74) is 2.86. The first-order valence-corrected chi connectivity index (χ1v) is 7.40. The highest BCUT2D eigenvalue weighted by atomic mass is 16.5. The molecule has 0 saturated carbocycles. The molecule has 0 spiro atoms. The number of ether oxygens (including phenoxy) is 1. The fraction of sp³-hybridized carbons (Fsp3) is 0.529. The fourth-order valence-corrected chi connectivity index (χ4v) is 3.10. The van der Waals surface area contributed by atoms with Crippen molar-refractivity contribution in [3.8, 4) is 5.75 Å². The van der Waals surface area contributed by atoms with Crippen LogP contribution in [0.2, 0.25) is 0 Å². The molecule has 0 aromatic heterocycles. The molecule has 1 N–H and O–H groups in total. The van der Waals surface area contributed by atoms with E-state index in [1.165, 1.54) is 18.1 Å². The van der Waals surface area contributed by atoms with Gasteiger partial charge in [0.25, 0.3) is 0 Å². The second kappa shape index (κ2) is 6.29. The Morgan fingerprint density at radius 3 is 2.67 bits per heavy atom. The van der Waals surface area contributed by atoms with Gasteiger partial charge in [-0.15, -0.1) is 0 Å². The van der Waals surface area contributed by atoms with Crippen LogP contribution in [0, 0.1) is 5.92 Å². The van der Waals surface area contributed by atoms with Crippen LogP contribution in [0.1, 0.15) is 61.0 Å². The second-order valence-corrected chi connectivity index (χ2v) is 6.07. The van der Waals surface area contributed by atoms with E-state index in [0.717, 1.165) is 19.3 Å². The van der Waals surface area contributed by atoms with Gasteiger partial charge < -0.3 is 9.84 Å². The van der Waals surface area contributed by atoms with E-state index >= 15 is 0 Å². The number of aliphatic carboxylic acids is 1. The van der Waals surface area contributed by atoms with E-state index in [1.807, 2.05) is 12.1 Å². The molecule has 0 aliphatic heterocycles. The minimum atomic E-state index is -1.04. The zero-order valence-electron chi connectivity index (χ0n) is 12.8. The van der Waals surface area contributed by atoms with Crippen LogP contribution in [-0.2, 0) is 11.2 Å². The molecule has 4 nitrogen and oxygen atoms in total. The second-order valence-electron chi connectivity index (χ2n) is 6.07. The Hall–Kier alpha value is -1.84. The van der Waals surface area contributed by atoms with E-state index in [0.29, 0.717) is 23.1 Å². The fourth-order valence-electron chi connectivity index (χ4n) is 3.10. The van der Waals surface area contributed by atoms with E-state index in [2.05, 4.69) is 13.8 Å². The topological polar surface area (TPSA) is 63.6 Å². The average Bonchev–Trinajstić information content (AvgIpc) is 2.54. The van der Waals surface area contributed by atoms with E-state index in [-0.39, 0.29) is 5.78 Å². The van der Waals surface area contributed by atoms with Crippen molar-refractivity contribution in [3.63, 3.8) is 0 Å². The molecule has 1 aromatic carbocycles. The van der Waals surface area contributed by atoms with Crippen molar-refractivity contribution in [2.75, 3.05) is 6.61 Å². The summed E-state index contributed by atoms with van der Waals surface area (Å²) in [6, 6.07) is 3.76. The minimum Gasteiger partial charge on any atom is -0.481 e. The van der Waals surface area contributed by atoms with Crippen LogP contribution < -0.4 is 4.74 Å². The Balaban J connectivity index is 2.43. The van der Waals surface area contributed by atoms with Gasteiger partial charge in [0, 0.05) is 0 Å². The van der Waals surface area contributed by atoms with E-state index < -0.39 is 12.6 Å². The summed E-state index contributed by atoms with van der Waals surface area (Å²) in [5.74, 6) is 0.315. The van der Waals surface area contributed by atoms with Crippen LogP contribution in [0.25, 0.3) is 0 Å². The maximum atomic E-state index is 11.8. The zero-order valence-corrected chi connectivity index (χ0v) is 12.8. The smallest absolute Gasteiger partial charge is 0.341 e. The monoisotopic (exact) mass is 290 g/mol. The summed E-state index contributed by atoms with van der Waals surface area (Å²) in [7, 11) is 0. The Morgan fingerprint density at radius 2 is 2.05 bits per heavy atom. The molecule has 2 rings (SSSR count). The molecule has 1 aromatic rings. The molecule has 114 valence electrons. The molecular formula is C17H22O4. The lowest BCUT2D eigenvalue weighted by Gasteiger charge is -2.17. The standard InChI is InChI=1S/C17H22O4/c1-10-4-5-13-7-16(21-9-17(19)20)15(12(3)18)8-14(13)11(2)6-10/h7-8,10-11H,4-6,9H2,1-3H3,(H,19,20). The van der Waals surface area contributed by atoms with Gasteiger partial charge in [0.1, 0.15) is 5.75 Å². The molecule has 1 aliphatic carbocycles. The van der Waals surface area contributed by atoms with Gasteiger partial charge >= 0.3 is 5.97 Å². The van der Waals surface area contributed by atoms with Gasteiger partial charge in [-0.3, -0.25) is 4.79 Å². The van der Waals surface area contributed by atoms with Gasteiger partial charge in [-0.2, -0.15) is 0 Å². The van der Waals surface area contributed by atoms with Gasteiger partial charge in [0.2, 0.25) is 0 Å². The lowest BCUT2D eigenvalue weighted by atomic mass is 9.90. The zero-order chi connectivity index (χ0) is 15.6. The highest BCUT2D eigenvalue weighted by Gasteiger charge is 2.22. The largest absolute Gasteiger partial charge is 0.481 e. The number of hydrogen-bond acceptors (Lipinski definition) is 3. The Kier molecular flexibility index (Phi) is 4.66. The van der Waals surface area contributed by atoms with E-state index in [9.17, 15) is 9.59 Å². The summed E-state index contributed by atoms with van der Waals surface area (Å²) in [6.07, 6.45) is 3.16. The summed E-state index contributed by atoms with van der Waals surface area (Å²) in [6.45, 7) is 5.49. The predicted octanol–water partition coefficient (Wildman–Crippen LogP) is 3.43. The number of carbonyl (C=O) groups is 2. The van der Waals surface area contributed by atoms with Crippen molar-refractivity contribution in [1.82, 2.24) is 0 Å². The molecule has 4 heteroatoms. The highest BCUT2D eigenvalue weighted by molar-refractivity contribution is 5.97. The van der Waals surface area contributed by atoms with Crippen LogP contribution in [0.5, 0.6) is 5.75 Å².